The van der Waals surface area contributed by atoms with Crippen molar-refractivity contribution in [1.82, 2.24) is 10.2 Å². The lowest BCUT2D eigenvalue weighted by atomic mass is 9.87. The van der Waals surface area contributed by atoms with E-state index in [4.69, 9.17) is 5.11 Å². The Hall–Kier alpha value is -1.89. The molecule has 2 amide bonds. The zero-order valence-corrected chi connectivity index (χ0v) is 12.2. The molecule has 7 heteroatoms. The molecule has 2 fully saturated rings. The van der Waals surface area contributed by atoms with Crippen molar-refractivity contribution < 1.29 is 19.5 Å². The average molecular weight is 308 g/mol. The third-order valence-corrected chi connectivity index (χ3v) is 5.14. The Bertz CT molecular complexity index is 598. The number of aromatic carboxylic acids is 1. The van der Waals surface area contributed by atoms with Gasteiger partial charge in [0.05, 0.1) is 10.9 Å². The highest BCUT2D eigenvalue weighted by atomic mass is 32.1. The summed E-state index contributed by atoms with van der Waals surface area (Å²) in [7, 11) is 0. The van der Waals surface area contributed by atoms with Gasteiger partial charge in [-0.05, 0) is 25.0 Å². The summed E-state index contributed by atoms with van der Waals surface area (Å²) < 4.78 is 0. The number of carboxylic acid groups (broad SMARTS) is 1. The van der Waals surface area contributed by atoms with E-state index in [9.17, 15) is 14.4 Å². The normalized spacial score (nSPS) is 25.1. The van der Waals surface area contributed by atoms with E-state index >= 15 is 0 Å². The maximum Gasteiger partial charge on any atom is 0.345 e. The number of hydrogen-bond donors (Lipinski definition) is 2. The van der Waals surface area contributed by atoms with Crippen LogP contribution in [0.4, 0.5) is 0 Å². The van der Waals surface area contributed by atoms with Crippen molar-refractivity contribution in [1.29, 1.82) is 0 Å². The van der Waals surface area contributed by atoms with Crippen molar-refractivity contribution in [3.05, 3.63) is 21.9 Å². The Morgan fingerprint density at radius 2 is 1.95 bits per heavy atom. The number of carbonyl (C=O) groups is 3. The second kappa shape index (κ2) is 5.48. The minimum absolute atomic E-state index is 0.0272. The number of carbonyl (C=O) groups excluding carboxylic acids is 2. The smallest absolute Gasteiger partial charge is 0.345 e. The number of amides is 2. The number of fused-ring (bicyclic) bond motifs is 1. The van der Waals surface area contributed by atoms with Gasteiger partial charge in [0, 0.05) is 6.04 Å². The molecular formula is C14H16N2O4S. The zero-order valence-electron chi connectivity index (χ0n) is 11.4. The molecule has 2 N–H and O–H groups in total. The first kappa shape index (κ1) is 14.1. The molecule has 0 aromatic carbocycles. The first-order valence-corrected chi connectivity index (χ1v) is 7.81. The molecule has 6 nitrogen and oxygen atoms in total. The molecule has 1 saturated carbocycles. The lowest BCUT2D eigenvalue weighted by Crippen LogP contribution is -2.62. The minimum atomic E-state index is -1.04. The Kier molecular flexibility index (Phi) is 3.67. The van der Waals surface area contributed by atoms with E-state index in [1.807, 2.05) is 0 Å². The highest BCUT2D eigenvalue weighted by Gasteiger charge is 2.39. The molecule has 1 aromatic heterocycles. The van der Waals surface area contributed by atoms with Gasteiger partial charge in [-0.25, -0.2) is 4.79 Å². The summed E-state index contributed by atoms with van der Waals surface area (Å²) in [6.45, 7) is 0.0559. The van der Waals surface area contributed by atoms with Crippen molar-refractivity contribution in [2.24, 2.45) is 0 Å². The molecule has 1 aliphatic carbocycles. The largest absolute Gasteiger partial charge is 0.477 e. The first-order valence-electron chi connectivity index (χ1n) is 7.00. The fraction of sp³-hybridized carbons (Fsp3) is 0.500. The number of nitrogens with zero attached hydrogens (tertiary/aromatic N) is 1. The van der Waals surface area contributed by atoms with Gasteiger partial charge in [-0.1, -0.05) is 12.8 Å². The van der Waals surface area contributed by atoms with E-state index in [0.717, 1.165) is 37.0 Å². The monoisotopic (exact) mass is 308 g/mol. The van der Waals surface area contributed by atoms with Crippen LogP contribution in [0.5, 0.6) is 0 Å². The van der Waals surface area contributed by atoms with Crippen LogP contribution < -0.4 is 5.32 Å². The molecule has 0 bridgehead atoms. The maximum atomic E-state index is 12.6. The first-order chi connectivity index (χ1) is 10.1. The standard InChI is InChI=1S/C14H16N2O4S/c17-12-7-16(9-4-2-1-3-8(9)15-12)13(18)10-5-6-11(21-10)14(19)20/h5-6,8-9H,1-4,7H2,(H,15,17)(H,19,20)/t8-,9+/m0/s1. The molecule has 1 saturated heterocycles. The molecule has 21 heavy (non-hydrogen) atoms. The molecule has 0 unspecified atom stereocenters. The van der Waals surface area contributed by atoms with Crippen LogP contribution in [0.1, 0.15) is 45.0 Å². The van der Waals surface area contributed by atoms with Crippen molar-refractivity contribution in [3.8, 4) is 0 Å². The van der Waals surface area contributed by atoms with E-state index in [2.05, 4.69) is 5.32 Å². The number of thiophene rings is 1. The summed E-state index contributed by atoms with van der Waals surface area (Å²) in [6, 6.07) is 3.02. The number of hydrogen-bond acceptors (Lipinski definition) is 4. The predicted molar refractivity (Wildman–Crippen MR) is 76.5 cm³/mol. The van der Waals surface area contributed by atoms with Crippen LogP contribution >= 0.6 is 11.3 Å². The molecule has 1 aromatic rings. The molecule has 1 aliphatic heterocycles. The summed E-state index contributed by atoms with van der Waals surface area (Å²) in [6.07, 6.45) is 3.89. The lowest BCUT2D eigenvalue weighted by Gasteiger charge is -2.43. The van der Waals surface area contributed by atoms with Gasteiger partial charge in [-0.15, -0.1) is 11.3 Å². The summed E-state index contributed by atoms with van der Waals surface area (Å²) in [5.41, 5.74) is 0. The summed E-state index contributed by atoms with van der Waals surface area (Å²) in [5.74, 6) is -1.41. The van der Waals surface area contributed by atoms with Crippen molar-refractivity contribution >= 4 is 29.1 Å². The van der Waals surface area contributed by atoms with Crippen LogP contribution in [0.2, 0.25) is 0 Å². The topological polar surface area (TPSA) is 86.7 Å². The van der Waals surface area contributed by atoms with Gasteiger partial charge < -0.3 is 15.3 Å². The summed E-state index contributed by atoms with van der Waals surface area (Å²) in [5, 5.41) is 11.9. The second-order valence-corrected chi connectivity index (χ2v) is 6.51. The number of rotatable bonds is 2. The van der Waals surface area contributed by atoms with Gasteiger partial charge in [0.2, 0.25) is 5.91 Å². The van der Waals surface area contributed by atoms with Crippen molar-refractivity contribution in [2.75, 3.05) is 6.54 Å². The second-order valence-electron chi connectivity index (χ2n) is 5.43. The molecular weight excluding hydrogens is 292 g/mol. The van der Waals surface area contributed by atoms with E-state index in [-0.39, 0.29) is 35.3 Å². The SMILES string of the molecule is O=C1CN(C(=O)c2ccc(C(=O)O)s2)[C@@H]2CCCC[C@@H]2N1. The predicted octanol–water partition coefficient (Wildman–Crippen LogP) is 1.33. The van der Waals surface area contributed by atoms with Gasteiger partial charge in [-0.2, -0.15) is 0 Å². The van der Waals surface area contributed by atoms with Crippen molar-refractivity contribution in [2.45, 2.75) is 37.8 Å². The average Bonchev–Trinajstić information content (AvgIpc) is 2.95. The molecule has 0 radical (unpaired) electrons. The summed E-state index contributed by atoms with van der Waals surface area (Å²) in [4.78, 5) is 37.4. The molecule has 112 valence electrons. The number of piperazine rings is 1. The fourth-order valence-electron chi connectivity index (χ4n) is 3.11. The van der Waals surface area contributed by atoms with Crippen LogP contribution in [0.25, 0.3) is 0 Å². The fourth-order valence-corrected chi connectivity index (χ4v) is 3.91. The Labute approximate surface area is 125 Å². The van der Waals surface area contributed by atoms with E-state index < -0.39 is 5.97 Å². The van der Waals surface area contributed by atoms with Crippen molar-refractivity contribution in [3.63, 3.8) is 0 Å². The number of nitrogens with one attached hydrogen (secondary N) is 1. The Morgan fingerprint density at radius 1 is 1.24 bits per heavy atom. The third-order valence-electron chi connectivity index (χ3n) is 4.08. The van der Waals surface area contributed by atoms with Gasteiger partial charge in [0.25, 0.3) is 5.91 Å². The quantitative estimate of drug-likeness (QED) is 0.863. The van der Waals surface area contributed by atoms with Crippen LogP contribution in [-0.4, -0.2) is 46.4 Å². The molecule has 2 heterocycles. The third kappa shape index (κ3) is 2.65. The van der Waals surface area contributed by atoms with Gasteiger partial charge in [-0.3, -0.25) is 9.59 Å². The Morgan fingerprint density at radius 3 is 2.67 bits per heavy atom. The molecule has 2 aliphatic rings. The zero-order chi connectivity index (χ0) is 15.0. The van der Waals surface area contributed by atoms with Gasteiger partial charge in [0.15, 0.2) is 0 Å². The lowest BCUT2D eigenvalue weighted by molar-refractivity contribution is -0.127. The highest BCUT2D eigenvalue weighted by molar-refractivity contribution is 7.15. The molecule has 0 spiro atoms. The van der Waals surface area contributed by atoms with Crippen LogP contribution in [0, 0.1) is 0 Å². The number of carboxylic acids is 1. The van der Waals surface area contributed by atoms with E-state index in [1.165, 1.54) is 12.1 Å². The van der Waals surface area contributed by atoms with Crippen LogP contribution in [-0.2, 0) is 4.79 Å². The van der Waals surface area contributed by atoms with E-state index in [1.54, 1.807) is 4.90 Å². The van der Waals surface area contributed by atoms with Gasteiger partial charge >= 0.3 is 5.97 Å². The Balaban J connectivity index is 1.84. The van der Waals surface area contributed by atoms with Crippen LogP contribution in [0.15, 0.2) is 12.1 Å². The summed E-state index contributed by atoms with van der Waals surface area (Å²) >= 11 is 0.961. The minimum Gasteiger partial charge on any atom is -0.477 e. The van der Waals surface area contributed by atoms with E-state index in [0.29, 0.717) is 4.88 Å². The van der Waals surface area contributed by atoms with Gasteiger partial charge in [0.1, 0.15) is 11.4 Å². The maximum absolute atomic E-state index is 12.6. The molecule has 2 atom stereocenters. The molecule has 3 rings (SSSR count). The van der Waals surface area contributed by atoms with Crippen LogP contribution in [0.3, 0.4) is 0 Å². The highest BCUT2D eigenvalue weighted by Crippen LogP contribution is 2.28.